The van der Waals surface area contributed by atoms with Crippen molar-refractivity contribution in [2.24, 2.45) is 0 Å². The van der Waals surface area contributed by atoms with E-state index in [9.17, 15) is 14.4 Å². The number of methoxy groups -OCH3 is 2. The third-order valence-corrected chi connectivity index (χ3v) is 2.35. The highest BCUT2D eigenvalue weighted by Gasteiger charge is 2.09. The van der Waals surface area contributed by atoms with E-state index in [1.165, 1.54) is 20.3 Å². The molecule has 6 nitrogen and oxygen atoms in total. The first-order chi connectivity index (χ1) is 10.1. The van der Waals surface area contributed by atoms with Gasteiger partial charge in [0.25, 0.3) is 0 Å². The lowest BCUT2D eigenvalue weighted by Gasteiger charge is -2.02. The van der Waals surface area contributed by atoms with Crippen molar-refractivity contribution < 1.29 is 23.9 Å². The van der Waals surface area contributed by atoms with Crippen LogP contribution in [0.5, 0.6) is 0 Å². The van der Waals surface area contributed by atoms with E-state index in [1.807, 2.05) is 6.07 Å². The van der Waals surface area contributed by atoms with Gasteiger partial charge in [-0.1, -0.05) is 18.2 Å². The van der Waals surface area contributed by atoms with Gasteiger partial charge in [0.2, 0.25) is 5.91 Å². The van der Waals surface area contributed by atoms with Crippen molar-refractivity contribution in [3.05, 3.63) is 54.1 Å². The molecule has 110 valence electrons. The number of ether oxygens (including phenoxy) is 2. The van der Waals surface area contributed by atoms with Crippen LogP contribution in [-0.4, -0.2) is 32.1 Å². The first-order valence-electron chi connectivity index (χ1n) is 5.99. The number of rotatable bonds is 5. The molecule has 0 heterocycles. The summed E-state index contributed by atoms with van der Waals surface area (Å²) in [6.45, 7) is 0. The van der Waals surface area contributed by atoms with E-state index in [2.05, 4.69) is 14.8 Å². The normalized spacial score (nSPS) is 11.0. The summed E-state index contributed by atoms with van der Waals surface area (Å²) >= 11 is 0. The molecule has 0 saturated heterocycles. The zero-order valence-electron chi connectivity index (χ0n) is 11.7. The Kier molecular flexibility index (Phi) is 6.40. The van der Waals surface area contributed by atoms with E-state index in [0.717, 1.165) is 12.2 Å². The minimum absolute atomic E-state index is 0.0902. The lowest BCUT2D eigenvalue weighted by Crippen LogP contribution is -2.10. The molecule has 0 aliphatic carbocycles. The molecule has 0 aromatic heterocycles. The fourth-order valence-corrected chi connectivity index (χ4v) is 1.35. The number of anilines is 1. The van der Waals surface area contributed by atoms with E-state index in [1.54, 1.807) is 24.3 Å². The summed E-state index contributed by atoms with van der Waals surface area (Å²) in [5.74, 6) is -1.91. The summed E-state index contributed by atoms with van der Waals surface area (Å²) in [4.78, 5) is 34.3. The SMILES string of the molecule is COC(=O)/C=C(/C=C/C(=O)Nc1ccccc1)C(=O)OC. The molecule has 1 N–H and O–H groups in total. The summed E-state index contributed by atoms with van der Waals surface area (Å²) in [7, 11) is 2.35. The minimum atomic E-state index is -0.746. The molecular formula is C15H15NO5. The highest BCUT2D eigenvalue weighted by molar-refractivity contribution is 6.03. The average molecular weight is 289 g/mol. The van der Waals surface area contributed by atoms with Crippen molar-refractivity contribution in [3.63, 3.8) is 0 Å². The fourth-order valence-electron chi connectivity index (χ4n) is 1.35. The molecular weight excluding hydrogens is 274 g/mol. The first kappa shape index (κ1) is 16.2. The Morgan fingerprint density at radius 2 is 1.67 bits per heavy atom. The van der Waals surface area contributed by atoms with E-state index < -0.39 is 17.8 Å². The Hall–Kier alpha value is -2.89. The molecule has 0 aliphatic rings. The fraction of sp³-hybridized carbons (Fsp3) is 0.133. The minimum Gasteiger partial charge on any atom is -0.466 e. The van der Waals surface area contributed by atoms with Crippen LogP contribution in [0.2, 0.25) is 0 Å². The lowest BCUT2D eigenvalue weighted by atomic mass is 10.2. The average Bonchev–Trinajstić information content (AvgIpc) is 2.51. The van der Waals surface area contributed by atoms with Crippen LogP contribution in [-0.2, 0) is 23.9 Å². The zero-order valence-corrected chi connectivity index (χ0v) is 11.7. The van der Waals surface area contributed by atoms with Crippen molar-refractivity contribution in [1.29, 1.82) is 0 Å². The summed E-state index contributed by atoms with van der Waals surface area (Å²) in [6.07, 6.45) is 3.25. The number of amides is 1. The predicted molar refractivity (Wildman–Crippen MR) is 76.3 cm³/mol. The summed E-state index contributed by atoms with van der Waals surface area (Å²) in [5, 5.41) is 2.60. The molecule has 6 heteroatoms. The maximum Gasteiger partial charge on any atom is 0.338 e. The molecule has 0 saturated carbocycles. The van der Waals surface area contributed by atoms with Crippen LogP contribution in [0.15, 0.2) is 54.1 Å². The van der Waals surface area contributed by atoms with Gasteiger partial charge in [0.1, 0.15) is 0 Å². The molecule has 1 rings (SSSR count). The van der Waals surface area contributed by atoms with Crippen LogP contribution in [0.4, 0.5) is 5.69 Å². The molecule has 1 amide bonds. The Balaban J connectivity index is 2.78. The Labute approximate surface area is 122 Å². The number of carbonyl (C=O) groups is 3. The predicted octanol–water partition coefficient (Wildman–Crippen LogP) is 1.45. The van der Waals surface area contributed by atoms with Crippen LogP contribution in [0.3, 0.4) is 0 Å². The maximum atomic E-state index is 11.7. The Morgan fingerprint density at radius 1 is 1.00 bits per heavy atom. The van der Waals surface area contributed by atoms with Gasteiger partial charge in [-0.25, -0.2) is 9.59 Å². The van der Waals surface area contributed by atoms with Gasteiger partial charge in [0.05, 0.1) is 19.8 Å². The number of nitrogens with one attached hydrogen (secondary N) is 1. The quantitative estimate of drug-likeness (QED) is 0.504. The number of para-hydroxylation sites is 1. The van der Waals surface area contributed by atoms with Crippen molar-refractivity contribution in [2.75, 3.05) is 19.5 Å². The smallest absolute Gasteiger partial charge is 0.338 e. The molecule has 1 aromatic carbocycles. The van der Waals surface area contributed by atoms with Crippen molar-refractivity contribution in [3.8, 4) is 0 Å². The van der Waals surface area contributed by atoms with Crippen molar-refractivity contribution >= 4 is 23.5 Å². The molecule has 0 bridgehead atoms. The van der Waals surface area contributed by atoms with E-state index in [0.29, 0.717) is 5.69 Å². The highest BCUT2D eigenvalue weighted by atomic mass is 16.5. The molecule has 0 unspecified atom stereocenters. The van der Waals surface area contributed by atoms with Gasteiger partial charge in [-0.05, 0) is 18.2 Å². The topological polar surface area (TPSA) is 81.7 Å². The molecule has 21 heavy (non-hydrogen) atoms. The van der Waals surface area contributed by atoms with Gasteiger partial charge >= 0.3 is 11.9 Å². The monoisotopic (exact) mass is 289 g/mol. The third kappa shape index (κ3) is 5.73. The van der Waals surface area contributed by atoms with Gasteiger partial charge in [0.15, 0.2) is 0 Å². The van der Waals surface area contributed by atoms with Gasteiger partial charge < -0.3 is 14.8 Å². The Morgan fingerprint density at radius 3 is 2.24 bits per heavy atom. The van der Waals surface area contributed by atoms with E-state index in [4.69, 9.17) is 0 Å². The van der Waals surface area contributed by atoms with Gasteiger partial charge in [0, 0.05) is 17.8 Å². The summed E-state index contributed by atoms with van der Waals surface area (Å²) < 4.78 is 8.93. The standard InChI is InChI=1S/C15H15NO5/c1-20-14(18)10-11(15(19)21-2)8-9-13(17)16-12-6-4-3-5-7-12/h3-10H,1-2H3,(H,16,17)/b9-8+,11-10-. The molecule has 0 radical (unpaired) electrons. The maximum absolute atomic E-state index is 11.7. The highest BCUT2D eigenvalue weighted by Crippen LogP contribution is 2.06. The van der Waals surface area contributed by atoms with Crippen LogP contribution < -0.4 is 5.32 Å². The second kappa shape index (κ2) is 8.31. The largest absolute Gasteiger partial charge is 0.466 e. The van der Waals surface area contributed by atoms with E-state index in [-0.39, 0.29) is 5.57 Å². The molecule has 0 aliphatic heterocycles. The first-order valence-corrected chi connectivity index (χ1v) is 5.99. The third-order valence-electron chi connectivity index (χ3n) is 2.35. The zero-order chi connectivity index (χ0) is 15.7. The summed E-state index contributed by atoms with van der Waals surface area (Å²) in [5.41, 5.74) is 0.524. The number of esters is 2. The molecule has 1 aromatic rings. The summed E-state index contributed by atoms with van der Waals surface area (Å²) in [6, 6.07) is 8.81. The van der Waals surface area contributed by atoms with Crippen LogP contribution in [0.1, 0.15) is 0 Å². The van der Waals surface area contributed by atoms with Gasteiger partial charge in [-0.3, -0.25) is 4.79 Å². The number of benzene rings is 1. The lowest BCUT2D eigenvalue weighted by molar-refractivity contribution is -0.138. The van der Waals surface area contributed by atoms with E-state index >= 15 is 0 Å². The second-order valence-corrected chi connectivity index (χ2v) is 3.80. The number of hydrogen-bond donors (Lipinski definition) is 1. The van der Waals surface area contributed by atoms with Crippen molar-refractivity contribution in [1.82, 2.24) is 0 Å². The second-order valence-electron chi connectivity index (χ2n) is 3.80. The Bertz CT molecular complexity index is 575. The van der Waals surface area contributed by atoms with Gasteiger partial charge in [-0.15, -0.1) is 0 Å². The van der Waals surface area contributed by atoms with Crippen LogP contribution in [0.25, 0.3) is 0 Å². The molecule has 0 fully saturated rings. The number of hydrogen-bond acceptors (Lipinski definition) is 5. The van der Waals surface area contributed by atoms with Crippen LogP contribution in [0, 0.1) is 0 Å². The molecule has 0 atom stereocenters. The van der Waals surface area contributed by atoms with Crippen molar-refractivity contribution in [2.45, 2.75) is 0 Å². The number of carbonyl (C=O) groups excluding carboxylic acids is 3. The van der Waals surface area contributed by atoms with Gasteiger partial charge in [-0.2, -0.15) is 0 Å². The van der Waals surface area contributed by atoms with Crippen LogP contribution >= 0.6 is 0 Å². The molecule has 0 spiro atoms.